The molecule has 1 fully saturated rings. The van der Waals surface area contributed by atoms with E-state index in [4.69, 9.17) is 0 Å². The van der Waals surface area contributed by atoms with Gasteiger partial charge < -0.3 is 15.5 Å². The Balaban J connectivity index is 1.52. The lowest BCUT2D eigenvalue weighted by Gasteiger charge is -2.41. The Morgan fingerprint density at radius 2 is 1.58 bits per heavy atom. The Morgan fingerprint density at radius 3 is 2.31 bits per heavy atom. The average molecular weight is 484 g/mol. The van der Waals surface area contributed by atoms with Crippen LogP contribution < -0.4 is 10.6 Å². The van der Waals surface area contributed by atoms with Crippen LogP contribution in [0.1, 0.15) is 59.3 Å². The van der Waals surface area contributed by atoms with E-state index in [0.717, 1.165) is 23.1 Å². The van der Waals surface area contributed by atoms with E-state index >= 15 is 0 Å². The third-order valence-corrected chi connectivity index (χ3v) is 6.57. The smallest absolute Gasteiger partial charge is 0.251 e. The van der Waals surface area contributed by atoms with Crippen molar-refractivity contribution in [3.63, 3.8) is 0 Å². The van der Waals surface area contributed by atoms with Gasteiger partial charge in [0, 0.05) is 31.6 Å². The first-order valence-electron chi connectivity index (χ1n) is 12.6. The second-order valence-electron chi connectivity index (χ2n) is 9.18. The molecule has 186 valence electrons. The van der Waals surface area contributed by atoms with Crippen LogP contribution in [0.15, 0.2) is 84.9 Å². The first-order chi connectivity index (χ1) is 17.6. The zero-order valence-corrected chi connectivity index (χ0v) is 20.7. The summed E-state index contributed by atoms with van der Waals surface area (Å²) in [6.07, 6.45) is 1.70. The SMILES string of the molecule is CCCNC(=O)c1cccc(CNC(=O)C2CCC(=O)N(Cc3ccccc3)C2c2ccccc2)c1. The number of rotatable bonds is 9. The summed E-state index contributed by atoms with van der Waals surface area (Å²) in [5.41, 5.74) is 3.42. The van der Waals surface area contributed by atoms with E-state index in [0.29, 0.717) is 38.0 Å². The molecule has 0 aliphatic carbocycles. The third kappa shape index (κ3) is 6.19. The minimum atomic E-state index is -0.371. The molecule has 0 radical (unpaired) electrons. The van der Waals surface area contributed by atoms with Crippen molar-refractivity contribution in [3.8, 4) is 0 Å². The molecule has 3 amide bonds. The van der Waals surface area contributed by atoms with Crippen LogP contribution in [0, 0.1) is 5.92 Å². The molecule has 3 aromatic carbocycles. The van der Waals surface area contributed by atoms with Crippen molar-refractivity contribution in [2.75, 3.05) is 6.54 Å². The van der Waals surface area contributed by atoms with E-state index in [1.807, 2.05) is 90.7 Å². The zero-order valence-electron chi connectivity index (χ0n) is 20.7. The van der Waals surface area contributed by atoms with Crippen molar-refractivity contribution in [2.45, 2.75) is 45.3 Å². The number of carbonyl (C=O) groups excluding carboxylic acids is 3. The Hall–Kier alpha value is -3.93. The number of likely N-dealkylation sites (tertiary alicyclic amines) is 1. The van der Waals surface area contributed by atoms with Crippen LogP contribution in [0.2, 0.25) is 0 Å². The Morgan fingerprint density at radius 1 is 0.889 bits per heavy atom. The van der Waals surface area contributed by atoms with Gasteiger partial charge in [-0.3, -0.25) is 14.4 Å². The molecule has 6 nitrogen and oxygen atoms in total. The molecule has 2 atom stereocenters. The number of benzene rings is 3. The summed E-state index contributed by atoms with van der Waals surface area (Å²) in [4.78, 5) is 40.7. The van der Waals surface area contributed by atoms with Gasteiger partial charge in [-0.05, 0) is 41.7 Å². The van der Waals surface area contributed by atoms with Crippen LogP contribution in [-0.2, 0) is 22.7 Å². The van der Waals surface area contributed by atoms with Gasteiger partial charge in [-0.1, -0.05) is 79.7 Å². The predicted octanol–water partition coefficient (Wildman–Crippen LogP) is 4.62. The highest BCUT2D eigenvalue weighted by molar-refractivity contribution is 5.94. The molecule has 1 saturated heterocycles. The molecule has 0 aromatic heterocycles. The molecule has 0 saturated carbocycles. The molecular formula is C30H33N3O3. The molecule has 2 unspecified atom stereocenters. The topological polar surface area (TPSA) is 78.5 Å². The average Bonchev–Trinajstić information content (AvgIpc) is 2.92. The molecule has 2 N–H and O–H groups in total. The van der Waals surface area contributed by atoms with Crippen molar-refractivity contribution < 1.29 is 14.4 Å². The summed E-state index contributed by atoms with van der Waals surface area (Å²) >= 11 is 0. The number of piperidine rings is 1. The first-order valence-corrected chi connectivity index (χ1v) is 12.6. The van der Waals surface area contributed by atoms with Crippen LogP contribution in [0.3, 0.4) is 0 Å². The van der Waals surface area contributed by atoms with E-state index in [1.54, 1.807) is 6.07 Å². The Labute approximate surface area is 212 Å². The lowest BCUT2D eigenvalue weighted by Crippen LogP contribution is -2.47. The van der Waals surface area contributed by atoms with E-state index in [-0.39, 0.29) is 29.7 Å². The van der Waals surface area contributed by atoms with E-state index in [2.05, 4.69) is 10.6 Å². The van der Waals surface area contributed by atoms with E-state index in [1.165, 1.54) is 0 Å². The maximum Gasteiger partial charge on any atom is 0.251 e. The molecule has 1 heterocycles. The van der Waals surface area contributed by atoms with Gasteiger partial charge in [0.2, 0.25) is 11.8 Å². The fourth-order valence-electron chi connectivity index (χ4n) is 4.74. The highest BCUT2D eigenvalue weighted by Gasteiger charge is 2.40. The summed E-state index contributed by atoms with van der Waals surface area (Å²) in [6, 6.07) is 26.6. The molecule has 0 bridgehead atoms. The number of nitrogens with zero attached hydrogens (tertiary/aromatic N) is 1. The quantitative estimate of drug-likeness (QED) is 0.466. The van der Waals surface area contributed by atoms with Crippen molar-refractivity contribution in [2.24, 2.45) is 5.92 Å². The maximum atomic E-state index is 13.5. The molecule has 1 aliphatic rings. The number of hydrogen-bond donors (Lipinski definition) is 2. The summed E-state index contributed by atoms with van der Waals surface area (Å²) in [7, 11) is 0. The highest BCUT2D eigenvalue weighted by atomic mass is 16.2. The molecule has 36 heavy (non-hydrogen) atoms. The van der Waals surface area contributed by atoms with Gasteiger partial charge in [0.15, 0.2) is 0 Å². The summed E-state index contributed by atoms with van der Waals surface area (Å²) in [6.45, 7) is 3.41. The fraction of sp³-hybridized carbons (Fsp3) is 0.300. The van der Waals surface area contributed by atoms with E-state index < -0.39 is 0 Å². The predicted molar refractivity (Wildman–Crippen MR) is 140 cm³/mol. The Bertz CT molecular complexity index is 1180. The third-order valence-electron chi connectivity index (χ3n) is 6.57. The Kier molecular flexibility index (Phi) is 8.50. The minimum Gasteiger partial charge on any atom is -0.352 e. The van der Waals surface area contributed by atoms with Crippen LogP contribution in [-0.4, -0.2) is 29.2 Å². The standard InChI is InChI=1S/C30H33N3O3/c1-2-18-31-29(35)25-15-9-12-23(19-25)20-32-30(36)26-16-17-27(34)33(21-22-10-5-3-6-11-22)28(26)24-13-7-4-8-14-24/h3-15,19,26,28H,2,16-18,20-21H2,1H3,(H,31,35)(H,32,36). The summed E-state index contributed by atoms with van der Waals surface area (Å²) in [5, 5.41) is 5.95. The number of carbonyl (C=O) groups is 3. The zero-order chi connectivity index (χ0) is 25.3. The van der Waals surface area contributed by atoms with E-state index in [9.17, 15) is 14.4 Å². The lowest BCUT2D eigenvalue weighted by molar-refractivity contribution is -0.144. The number of amides is 3. The molecule has 6 heteroatoms. The normalized spacial score (nSPS) is 17.5. The lowest BCUT2D eigenvalue weighted by atomic mass is 9.83. The molecule has 3 aromatic rings. The second kappa shape index (κ2) is 12.2. The number of hydrogen-bond acceptors (Lipinski definition) is 3. The van der Waals surface area contributed by atoms with Gasteiger partial charge in [0.1, 0.15) is 0 Å². The van der Waals surface area contributed by atoms with Gasteiger partial charge in [-0.15, -0.1) is 0 Å². The summed E-state index contributed by atoms with van der Waals surface area (Å²) in [5.74, 6) is -0.515. The van der Waals surface area contributed by atoms with Gasteiger partial charge in [0.25, 0.3) is 5.91 Å². The summed E-state index contributed by atoms with van der Waals surface area (Å²) < 4.78 is 0. The van der Waals surface area contributed by atoms with Crippen molar-refractivity contribution in [1.29, 1.82) is 0 Å². The number of nitrogens with one attached hydrogen (secondary N) is 2. The monoisotopic (exact) mass is 483 g/mol. The highest BCUT2D eigenvalue weighted by Crippen LogP contribution is 2.38. The van der Waals surface area contributed by atoms with Gasteiger partial charge in [0.05, 0.1) is 12.0 Å². The largest absolute Gasteiger partial charge is 0.352 e. The second-order valence-corrected chi connectivity index (χ2v) is 9.18. The van der Waals surface area contributed by atoms with Gasteiger partial charge in [-0.2, -0.15) is 0 Å². The van der Waals surface area contributed by atoms with Gasteiger partial charge >= 0.3 is 0 Å². The fourth-order valence-corrected chi connectivity index (χ4v) is 4.74. The van der Waals surface area contributed by atoms with Crippen molar-refractivity contribution in [3.05, 3.63) is 107 Å². The van der Waals surface area contributed by atoms with Crippen LogP contribution >= 0.6 is 0 Å². The first kappa shape index (κ1) is 25.2. The molecule has 1 aliphatic heterocycles. The molecule has 4 rings (SSSR count). The van der Waals surface area contributed by atoms with Crippen LogP contribution in [0.5, 0.6) is 0 Å². The van der Waals surface area contributed by atoms with Crippen LogP contribution in [0.4, 0.5) is 0 Å². The molecular weight excluding hydrogens is 450 g/mol. The van der Waals surface area contributed by atoms with Gasteiger partial charge in [-0.25, -0.2) is 0 Å². The minimum absolute atomic E-state index is 0.0579. The van der Waals surface area contributed by atoms with Crippen molar-refractivity contribution >= 4 is 17.7 Å². The van der Waals surface area contributed by atoms with Crippen molar-refractivity contribution in [1.82, 2.24) is 15.5 Å². The maximum absolute atomic E-state index is 13.5. The van der Waals surface area contributed by atoms with Crippen LogP contribution in [0.25, 0.3) is 0 Å². The molecule has 0 spiro atoms.